The van der Waals surface area contributed by atoms with E-state index >= 15 is 0 Å². The molecule has 0 spiro atoms. The summed E-state index contributed by atoms with van der Waals surface area (Å²) in [5.74, 6) is -7.49. The molecule has 2 heterocycles. The second-order valence-corrected chi connectivity index (χ2v) is 8.98. The van der Waals surface area contributed by atoms with Crippen LogP contribution in [0.25, 0.3) is 0 Å². The van der Waals surface area contributed by atoms with Crippen molar-refractivity contribution < 1.29 is 54.4 Å². The van der Waals surface area contributed by atoms with Crippen LogP contribution in [0.4, 0.5) is 0 Å². The molecule has 2 aromatic carbocycles. The zero-order chi connectivity index (χ0) is 25.8. The van der Waals surface area contributed by atoms with Crippen molar-refractivity contribution in [2.75, 3.05) is 6.61 Å². The van der Waals surface area contributed by atoms with E-state index in [-0.39, 0.29) is 46.8 Å². The molecule has 0 radical (unpaired) electrons. The Bertz CT molecular complexity index is 1200. The Kier molecular flexibility index (Phi) is 6.05. The lowest BCUT2D eigenvalue weighted by molar-refractivity contribution is -0.176. The van der Waals surface area contributed by atoms with Gasteiger partial charge in [-0.05, 0) is 25.0 Å². The Balaban J connectivity index is 1.94. The highest BCUT2D eigenvalue weighted by Gasteiger charge is 2.43. The van der Waals surface area contributed by atoms with Crippen LogP contribution in [0.3, 0.4) is 0 Å². The molecule has 11 nitrogen and oxygen atoms in total. The van der Waals surface area contributed by atoms with Crippen LogP contribution >= 0.6 is 0 Å². The summed E-state index contributed by atoms with van der Waals surface area (Å²) >= 11 is 0. The number of cyclic esters (lactones) is 1. The average molecular weight is 490 g/mol. The molecule has 1 saturated heterocycles. The number of esters is 2. The van der Waals surface area contributed by atoms with Gasteiger partial charge in [0, 0.05) is 23.5 Å². The fourth-order valence-electron chi connectivity index (χ4n) is 4.55. The molecule has 0 bridgehead atoms. The highest BCUT2D eigenvalue weighted by Crippen LogP contribution is 2.46. The minimum atomic E-state index is -0.984. The number of phenols is 6. The van der Waals surface area contributed by atoms with Crippen molar-refractivity contribution in [3.63, 3.8) is 0 Å². The van der Waals surface area contributed by atoms with Gasteiger partial charge >= 0.3 is 11.9 Å². The van der Waals surface area contributed by atoms with E-state index in [2.05, 4.69) is 0 Å². The van der Waals surface area contributed by atoms with E-state index in [9.17, 15) is 40.2 Å². The number of carbonyl (C=O) groups excluding carboxylic acids is 2. The van der Waals surface area contributed by atoms with Crippen molar-refractivity contribution in [1.82, 2.24) is 0 Å². The molecule has 2 aromatic rings. The van der Waals surface area contributed by atoms with Crippen LogP contribution in [0.5, 0.6) is 34.5 Å². The second-order valence-electron chi connectivity index (χ2n) is 8.98. The number of rotatable bonds is 0. The molecule has 0 saturated carbocycles. The quantitative estimate of drug-likeness (QED) is 0.235. The first-order valence-electron chi connectivity index (χ1n) is 11.0. The largest absolute Gasteiger partial charge is 0.504 e. The molecule has 5 unspecified atom stereocenters. The lowest BCUT2D eigenvalue weighted by Gasteiger charge is -2.43. The van der Waals surface area contributed by atoms with Gasteiger partial charge in [0.05, 0.1) is 17.2 Å². The van der Waals surface area contributed by atoms with Crippen LogP contribution in [0, 0.1) is 11.8 Å². The first-order valence-corrected chi connectivity index (χ1v) is 11.0. The van der Waals surface area contributed by atoms with Crippen molar-refractivity contribution in [2.24, 2.45) is 11.8 Å². The van der Waals surface area contributed by atoms with Gasteiger partial charge in [0.25, 0.3) is 0 Å². The molecule has 0 aromatic heterocycles. The number of benzene rings is 2. The van der Waals surface area contributed by atoms with Crippen LogP contribution < -0.4 is 0 Å². The van der Waals surface area contributed by atoms with Gasteiger partial charge in [-0.25, -0.2) is 9.59 Å². The average Bonchev–Trinajstić information content (AvgIpc) is 2.82. The van der Waals surface area contributed by atoms with Crippen molar-refractivity contribution in [3.05, 3.63) is 34.4 Å². The predicted octanol–water partition coefficient (Wildman–Crippen LogP) is 2.27. The van der Waals surface area contributed by atoms with E-state index in [0.717, 1.165) is 12.1 Å². The number of hydrogen-bond acceptors (Lipinski definition) is 11. The first-order chi connectivity index (χ1) is 16.4. The van der Waals surface area contributed by atoms with E-state index in [1.54, 1.807) is 0 Å². The van der Waals surface area contributed by atoms with E-state index in [0.29, 0.717) is 0 Å². The molecule has 6 N–H and O–H groups in total. The van der Waals surface area contributed by atoms with Gasteiger partial charge in [-0.1, -0.05) is 13.8 Å². The molecule has 0 amide bonds. The van der Waals surface area contributed by atoms with Crippen LogP contribution in [-0.4, -0.2) is 67.5 Å². The zero-order valence-corrected chi connectivity index (χ0v) is 19.2. The highest BCUT2D eigenvalue weighted by molar-refractivity contribution is 5.96. The van der Waals surface area contributed by atoms with E-state index in [1.807, 2.05) is 20.8 Å². The van der Waals surface area contributed by atoms with Gasteiger partial charge < -0.3 is 44.8 Å². The lowest BCUT2D eigenvalue weighted by atomic mass is 9.82. The van der Waals surface area contributed by atoms with Gasteiger partial charge in [-0.2, -0.15) is 0 Å². The van der Waals surface area contributed by atoms with Crippen LogP contribution in [0.2, 0.25) is 0 Å². The fourth-order valence-corrected chi connectivity index (χ4v) is 4.55. The van der Waals surface area contributed by atoms with Crippen LogP contribution in [-0.2, 0) is 20.6 Å². The summed E-state index contributed by atoms with van der Waals surface area (Å²) in [7, 11) is 0. The van der Waals surface area contributed by atoms with Gasteiger partial charge in [-0.15, -0.1) is 0 Å². The summed E-state index contributed by atoms with van der Waals surface area (Å²) in [6, 6.07) is 1.77. The first kappa shape index (κ1) is 24.3. The van der Waals surface area contributed by atoms with Gasteiger partial charge in [0.15, 0.2) is 23.0 Å². The minimum Gasteiger partial charge on any atom is -0.504 e. The molecule has 2 aliphatic rings. The monoisotopic (exact) mass is 490 g/mol. The summed E-state index contributed by atoms with van der Waals surface area (Å²) in [6.07, 6.45) is -2.57. The number of carbonyl (C=O) groups is 2. The maximum atomic E-state index is 13.3. The third-order valence-corrected chi connectivity index (χ3v) is 6.98. The fraction of sp³-hybridized carbons (Fsp3) is 0.417. The molecule has 188 valence electrons. The van der Waals surface area contributed by atoms with Gasteiger partial charge in [-0.3, -0.25) is 0 Å². The third kappa shape index (κ3) is 4.01. The number of ether oxygens (including phenoxy) is 3. The van der Waals surface area contributed by atoms with Crippen LogP contribution in [0.15, 0.2) is 12.1 Å². The van der Waals surface area contributed by atoms with Gasteiger partial charge in [0.1, 0.15) is 18.8 Å². The second kappa shape index (κ2) is 8.73. The summed E-state index contributed by atoms with van der Waals surface area (Å²) in [5.41, 5.74) is -1.31. The summed E-state index contributed by atoms with van der Waals surface area (Å²) < 4.78 is 17.0. The van der Waals surface area contributed by atoms with Crippen molar-refractivity contribution in [3.8, 4) is 34.5 Å². The molecule has 2 aliphatic heterocycles. The molecule has 11 heteroatoms. The standard InChI is InChI=1S/C24H26O11/c1-8-9(2)22-17(34-10(8)3)7-33-23(31)13-5-15(25)20(29)18(27)11(13)4-12-14(24(32)35-22)6-16(26)21(30)19(12)28/h5-6,8-10,17,22,25-30H,4,7H2,1-3H3. The van der Waals surface area contributed by atoms with Crippen LogP contribution in [0.1, 0.15) is 52.6 Å². The minimum absolute atomic E-state index is 0.0358. The number of fused-ring (bicyclic) bond motifs is 3. The maximum Gasteiger partial charge on any atom is 0.339 e. The molecular weight excluding hydrogens is 464 g/mol. The number of phenolic OH excluding ortho intramolecular Hbond substituents is 6. The van der Waals surface area contributed by atoms with E-state index in [4.69, 9.17) is 14.2 Å². The maximum absolute atomic E-state index is 13.3. The molecule has 0 aliphatic carbocycles. The topological polar surface area (TPSA) is 183 Å². The summed E-state index contributed by atoms with van der Waals surface area (Å²) in [4.78, 5) is 26.2. The number of hydrogen-bond donors (Lipinski definition) is 6. The molecule has 35 heavy (non-hydrogen) atoms. The van der Waals surface area contributed by atoms with Crippen molar-refractivity contribution in [1.29, 1.82) is 0 Å². The Labute approximate surface area is 199 Å². The molecule has 1 fully saturated rings. The number of aromatic hydroxyl groups is 6. The smallest absolute Gasteiger partial charge is 0.339 e. The SMILES string of the molecule is CC1OC2COC(=O)c3cc(O)c(O)c(O)c3Cc3c(cc(O)c(O)c3O)C(=O)OC2C(C)C1C. The highest BCUT2D eigenvalue weighted by atomic mass is 16.6. The molecule has 5 atom stereocenters. The normalized spacial score (nSPS) is 26.8. The Morgan fingerprint density at radius 1 is 0.743 bits per heavy atom. The Morgan fingerprint density at radius 3 is 1.80 bits per heavy atom. The molecular formula is C24H26O11. The summed E-state index contributed by atoms with van der Waals surface area (Å²) in [6.45, 7) is 5.28. The van der Waals surface area contributed by atoms with Crippen molar-refractivity contribution in [2.45, 2.75) is 45.5 Å². The predicted molar refractivity (Wildman–Crippen MR) is 118 cm³/mol. The van der Waals surface area contributed by atoms with Gasteiger partial charge in [0.2, 0.25) is 11.5 Å². The van der Waals surface area contributed by atoms with E-state index < -0.39 is 65.1 Å². The Hall–Kier alpha value is -3.86. The summed E-state index contributed by atoms with van der Waals surface area (Å²) in [5, 5.41) is 61.2. The van der Waals surface area contributed by atoms with E-state index in [1.165, 1.54) is 0 Å². The molecule has 4 rings (SSSR count). The Morgan fingerprint density at radius 2 is 1.26 bits per heavy atom. The van der Waals surface area contributed by atoms with Crippen molar-refractivity contribution >= 4 is 11.9 Å². The third-order valence-electron chi connectivity index (χ3n) is 6.98. The lowest BCUT2D eigenvalue weighted by Crippen LogP contribution is -2.52. The zero-order valence-electron chi connectivity index (χ0n) is 19.2.